The highest BCUT2D eigenvalue weighted by molar-refractivity contribution is 8.13. The van der Waals surface area contributed by atoms with Crippen LogP contribution >= 0.6 is 33.9 Å². The number of nitrogens with zero attached hydrogens (tertiary/aromatic N) is 1. The minimum Gasteiger partial charge on any atom is -0.392 e. The standard InChI is InChI=1S/C7H14ClNO3S.C4H9NO.C3H6Cl2O2S/c8-3-1-5-13(11,12)9-4-2-7(10)6-9;6-4-1-2-5-3-4;4-2-1-3-8(5,6)7/h7,10H,1-6H2;4-6H,1-3H2;1-3H2. The molecule has 3 N–H and O–H groups in total. The predicted molar refractivity (Wildman–Crippen MR) is 110 cm³/mol. The molecule has 0 aromatic heterocycles. The summed E-state index contributed by atoms with van der Waals surface area (Å²) in [7, 11) is -1.64. The predicted octanol–water partition coefficient (Wildman–Crippen LogP) is 0.536. The van der Waals surface area contributed by atoms with Crippen molar-refractivity contribution in [3.8, 4) is 0 Å². The Balaban J connectivity index is 0.000000412. The van der Waals surface area contributed by atoms with Crippen LogP contribution in [0.3, 0.4) is 0 Å². The zero-order chi connectivity index (χ0) is 20.9. The van der Waals surface area contributed by atoms with Crippen LogP contribution in [0.25, 0.3) is 0 Å². The van der Waals surface area contributed by atoms with Gasteiger partial charge in [0.2, 0.25) is 19.1 Å². The summed E-state index contributed by atoms with van der Waals surface area (Å²) in [6.45, 7) is 2.46. The lowest BCUT2D eigenvalue weighted by Gasteiger charge is -2.14. The molecule has 2 saturated heterocycles. The second-order valence-corrected chi connectivity index (χ2v) is 11.8. The molecule has 2 unspecified atom stereocenters. The van der Waals surface area contributed by atoms with E-state index in [1.54, 1.807) is 0 Å². The number of halogens is 3. The van der Waals surface area contributed by atoms with Gasteiger partial charge in [0.05, 0.1) is 23.7 Å². The van der Waals surface area contributed by atoms with Crippen molar-refractivity contribution < 1.29 is 27.0 Å². The molecule has 164 valence electrons. The molecule has 13 heteroatoms. The number of sulfonamides is 1. The van der Waals surface area contributed by atoms with Gasteiger partial charge in [-0.2, -0.15) is 4.31 Å². The van der Waals surface area contributed by atoms with E-state index in [2.05, 4.69) is 5.32 Å². The van der Waals surface area contributed by atoms with Crippen LogP contribution in [-0.2, 0) is 19.1 Å². The molecule has 0 aromatic rings. The number of aliphatic hydroxyl groups is 2. The van der Waals surface area contributed by atoms with E-state index in [9.17, 15) is 16.8 Å². The van der Waals surface area contributed by atoms with Crippen molar-refractivity contribution in [1.82, 2.24) is 9.62 Å². The van der Waals surface area contributed by atoms with Crippen molar-refractivity contribution in [2.45, 2.75) is 37.9 Å². The van der Waals surface area contributed by atoms with Crippen LogP contribution in [0.2, 0.25) is 0 Å². The van der Waals surface area contributed by atoms with Gasteiger partial charge >= 0.3 is 0 Å². The lowest BCUT2D eigenvalue weighted by atomic mass is 10.3. The van der Waals surface area contributed by atoms with Gasteiger partial charge in [0.25, 0.3) is 0 Å². The Labute approximate surface area is 176 Å². The van der Waals surface area contributed by atoms with Crippen LogP contribution in [0.1, 0.15) is 25.7 Å². The molecule has 0 amide bonds. The molecule has 0 aliphatic carbocycles. The molecule has 2 rings (SSSR count). The van der Waals surface area contributed by atoms with E-state index < -0.39 is 25.2 Å². The third-order valence-corrected chi connectivity index (χ3v) is 7.31. The van der Waals surface area contributed by atoms with Gasteiger partial charge in [-0.15, -0.1) is 23.2 Å². The lowest BCUT2D eigenvalue weighted by molar-refractivity contribution is 0.189. The zero-order valence-electron chi connectivity index (χ0n) is 15.1. The second-order valence-electron chi connectivity index (χ2n) is 6.09. The maximum atomic E-state index is 11.5. The quantitative estimate of drug-likeness (QED) is 0.350. The molecule has 2 aliphatic heterocycles. The highest BCUT2D eigenvalue weighted by Gasteiger charge is 2.29. The Hall–Kier alpha value is 0.610. The fourth-order valence-corrected chi connectivity index (χ4v) is 5.15. The first-order chi connectivity index (χ1) is 12.5. The van der Waals surface area contributed by atoms with Gasteiger partial charge in [-0.1, -0.05) is 0 Å². The van der Waals surface area contributed by atoms with Crippen molar-refractivity contribution >= 4 is 53.0 Å². The number of aliphatic hydroxyl groups excluding tert-OH is 2. The zero-order valence-corrected chi connectivity index (χ0v) is 19.0. The van der Waals surface area contributed by atoms with Gasteiger partial charge in [-0.05, 0) is 32.2 Å². The first kappa shape index (κ1) is 27.6. The number of alkyl halides is 2. The summed E-state index contributed by atoms with van der Waals surface area (Å²) in [4.78, 5) is 0. The normalized spacial score (nSPS) is 23.3. The molecular formula is C14H29Cl3N2O6S2. The average molecular weight is 492 g/mol. The Morgan fingerprint density at radius 1 is 0.963 bits per heavy atom. The summed E-state index contributed by atoms with van der Waals surface area (Å²) >= 11 is 10.6. The molecule has 0 aromatic carbocycles. The van der Waals surface area contributed by atoms with Crippen molar-refractivity contribution in [3.63, 3.8) is 0 Å². The topological polar surface area (TPSA) is 124 Å². The summed E-state index contributed by atoms with van der Waals surface area (Å²) in [5.41, 5.74) is 0. The Morgan fingerprint density at radius 2 is 1.56 bits per heavy atom. The summed E-state index contributed by atoms with van der Waals surface area (Å²) in [5, 5.41) is 20.8. The molecule has 2 heterocycles. The van der Waals surface area contributed by atoms with Gasteiger partial charge < -0.3 is 15.5 Å². The number of nitrogens with one attached hydrogen (secondary N) is 1. The Morgan fingerprint density at radius 3 is 1.85 bits per heavy atom. The number of β-amino-alcohol motifs (C(OH)–C–C–N with tert-alkyl or cyclic N) is 2. The van der Waals surface area contributed by atoms with Gasteiger partial charge in [-0.3, -0.25) is 0 Å². The van der Waals surface area contributed by atoms with Gasteiger partial charge in [0.1, 0.15) is 0 Å². The molecular weight excluding hydrogens is 463 g/mol. The second kappa shape index (κ2) is 14.6. The van der Waals surface area contributed by atoms with E-state index in [-0.39, 0.29) is 24.2 Å². The summed E-state index contributed by atoms with van der Waals surface area (Å²) in [5.74, 6) is 0.753. The number of hydrogen-bond donors (Lipinski definition) is 3. The van der Waals surface area contributed by atoms with E-state index in [1.165, 1.54) is 4.31 Å². The van der Waals surface area contributed by atoms with Gasteiger partial charge in [-0.25, -0.2) is 16.8 Å². The fraction of sp³-hybridized carbons (Fsp3) is 1.00. The van der Waals surface area contributed by atoms with Crippen molar-refractivity contribution in [2.24, 2.45) is 0 Å². The largest absolute Gasteiger partial charge is 0.392 e. The lowest BCUT2D eigenvalue weighted by Crippen LogP contribution is -2.31. The molecule has 2 atom stereocenters. The minimum atomic E-state index is -3.30. The molecule has 0 radical (unpaired) electrons. The van der Waals surface area contributed by atoms with Crippen LogP contribution in [0, 0.1) is 0 Å². The van der Waals surface area contributed by atoms with E-state index in [0.717, 1.165) is 19.5 Å². The number of hydrogen-bond acceptors (Lipinski definition) is 7. The fourth-order valence-electron chi connectivity index (χ4n) is 2.20. The smallest absolute Gasteiger partial charge is 0.232 e. The molecule has 27 heavy (non-hydrogen) atoms. The molecule has 0 spiro atoms. The average Bonchev–Trinajstić information content (AvgIpc) is 3.23. The van der Waals surface area contributed by atoms with E-state index >= 15 is 0 Å². The van der Waals surface area contributed by atoms with Crippen LogP contribution in [0.15, 0.2) is 0 Å². The molecule has 8 nitrogen and oxygen atoms in total. The summed E-state index contributed by atoms with van der Waals surface area (Å²) in [6.07, 6.45) is 1.81. The van der Waals surface area contributed by atoms with Crippen LogP contribution in [-0.4, -0.2) is 93.0 Å². The summed E-state index contributed by atoms with van der Waals surface area (Å²) < 4.78 is 44.5. The maximum Gasteiger partial charge on any atom is 0.232 e. The molecule has 0 saturated carbocycles. The Kier molecular flexibility index (Phi) is 14.9. The van der Waals surface area contributed by atoms with Gasteiger partial charge in [0.15, 0.2) is 0 Å². The first-order valence-corrected chi connectivity index (χ1v) is 13.8. The van der Waals surface area contributed by atoms with Crippen molar-refractivity contribution in [1.29, 1.82) is 0 Å². The van der Waals surface area contributed by atoms with Gasteiger partial charge in [0, 0.05) is 42.1 Å². The van der Waals surface area contributed by atoms with E-state index in [0.29, 0.717) is 37.6 Å². The van der Waals surface area contributed by atoms with Crippen LogP contribution in [0.5, 0.6) is 0 Å². The molecule has 0 bridgehead atoms. The highest BCUT2D eigenvalue weighted by atomic mass is 35.7. The molecule has 2 fully saturated rings. The van der Waals surface area contributed by atoms with Crippen LogP contribution < -0.4 is 5.32 Å². The van der Waals surface area contributed by atoms with Crippen molar-refractivity contribution in [3.05, 3.63) is 0 Å². The monoisotopic (exact) mass is 490 g/mol. The first-order valence-electron chi connectivity index (χ1n) is 8.60. The number of rotatable bonds is 7. The van der Waals surface area contributed by atoms with E-state index in [1.807, 2.05) is 0 Å². The maximum absolute atomic E-state index is 11.5. The minimum absolute atomic E-state index is 0.0297. The summed E-state index contributed by atoms with van der Waals surface area (Å²) in [6, 6.07) is 0. The Bertz CT molecular complexity index is 586. The van der Waals surface area contributed by atoms with Crippen molar-refractivity contribution in [2.75, 3.05) is 49.4 Å². The third-order valence-electron chi connectivity index (χ3n) is 3.61. The highest BCUT2D eigenvalue weighted by Crippen LogP contribution is 2.14. The van der Waals surface area contributed by atoms with E-state index in [4.69, 9.17) is 44.1 Å². The molecule has 2 aliphatic rings. The van der Waals surface area contributed by atoms with Crippen LogP contribution in [0.4, 0.5) is 0 Å². The third kappa shape index (κ3) is 15.2. The SMILES string of the molecule is O=S(=O)(CCCCl)N1CCC(O)C1.O=S(=O)(Cl)CCCCl.OC1CCNC1.